The summed E-state index contributed by atoms with van der Waals surface area (Å²) in [6.07, 6.45) is 0.284. The molecule has 5 nitrogen and oxygen atoms in total. The SMILES string of the molecule is CCc1cc2c(s1)CCOC21CCN(CC2CC(NC(=O)C(C)(O)C(F)(F)F)C2)CC1. The average Bonchev–Trinajstić information content (AvgIpc) is 3.12. The van der Waals surface area contributed by atoms with Crippen molar-refractivity contribution < 1.29 is 27.8 Å². The fourth-order valence-electron chi connectivity index (χ4n) is 4.98. The topological polar surface area (TPSA) is 61.8 Å². The van der Waals surface area contributed by atoms with Gasteiger partial charge in [-0.3, -0.25) is 4.79 Å². The molecule has 0 bridgehead atoms. The first-order valence-electron chi connectivity index (χ1n) is 11.1. The van der Waals surface area contributed by atoms with Crippen LogP contribution in [0.25, 0.3) is 0 Å². The lowest BCUT2D eigenvalue weighted by Crippen LogP contribution is -2.59. The molecule has 1 atom stereocenters. The van der Waals surface area contributed by atoms with Gasteiger partial charge in [0.2, 0.25) is 5.60 Å². The van der Waals surface area contributed by atoms with E-state index in [1.54, 1.807) is 0 Å². The lowest BCUT2D eigenvalue weighted by Gasteiger charge is -2.46. The Kier molecular flexibility index (Phi) is 6.17. The molecule has 1 spiro atoms. The number of rotatable bonds is 5. The molecule has 0 aromatic carbocycles. The van der Waals surface area contributed by atoms with Crippen LogP contribution in [-0.4, -0.2) is 60.0 Å². The number of fused-ring (bicyclic) bond motifs is 2. The number of carbonyl (C=O) groups excluding carboxylic acids is 1. The van der Waals surface area contributed by atoms with Crippen LogP contribution < -0.4 is 5.32 Å². The van der Waals surface area contributed by atoms with Crippen molar-refractivity contribution in [1.29, 1.82) is 0 Å². The highest BCUT2D eigenvalue weighted by Crippen LogP contribution is 2.45. The molecule has 1 aliphatic carbocycles. The molecule has 1 aromatic heterocycles. The van der Waals surface area contributed by atoms with E-state index in [1.807, 2.05) is 11.3 Å². The van der Waals surface area contributed by atoms with Crippen LogP contribution in [0.2, 0.25) is 0 Å². The number of nitrogens with zero attached hydrogens (tertiary/aromatic N) is 1. The van der Waals surface area contributed by atoms with Crippen molar-refractivity contribution in [1.82, 2.24) is 10.2 Å². The van der Waals surface area contributed by atoms with Crippen molar-refractivity contribution in [3.8, 4) is 0 Å². The van der Waals surface area contributed by atoms with Crippen LogP contribution in [-0.2, 0) is 28.0 Å². The maximum atomic E-state index is 12.8. The van der Waals surface area contributed by atoms with Gasteiger partial charge in [-0.1, -0.05) is 6.92 Å². The molecular formula is C22H31F3N2O3S. The molecular weight excluding hydrogens is 429 g/mol. The Labute approximate surface area is 184 Å². The zero-order chi connectivity index (χ0) is 22.4. The summed E-state index contributed by atoms with van der Waals surface area (Å²) in [5.41, 5.74) is -2.12. The van der Waals surface area contributed by atoms with E-state index in [9.17, 15) is 23.1 Å². The summed E-state index contributed by atoms with van der Waals surface area (Å²) in [6, 6.07) is 2.04. The predicted octanol–water partition coefficient (Wildman–Crippen LogP) is 3.38. The van der Waals surface area contributed by atoms with Gasteiger partial charge in [-0.2, -0.15) is 13.2 Å². The number of thiophene rings is 1. The van der Waals surface area contributed by atoms with Crippen molar-refractivity contribution in [3.63, 3.8) is 0 Å². The molecule has 1 saturated carbocycles. The number of aryl methyl sites for hydroxylation is 1. The lowest BCUT2D eigenvalue weighted by atomic mass is 9.78. The second kappa shape index (κ2) is 8.32. The van der Waals surface area contributed by atoms with Gasteiger partial charge in [-0.25, -0.2) is 0 Å². The van der Waals surface area contributed by atoms with E-state index in [2.05, 4.69) is 23.2 Å². The number of piperidine rings is 1. The Morgan fingerprint density at radius 3 is 2.65 bits per heavy atom. The molecule has 1 amide bonds. The highest BCUT2D eigenvalue weighted by atomic mass is 32.1. The number of hydrogen-bond acceptors (Lipinski definition) is 5. The van der Waals surface area contributed by atoms with Crippen LogP contribution in [0.1, 0.15) is 54.8 Å². The van der Waals surface area contributed by atoms with Crippen molar-refractivity contribution in [2.24, 2.45) is 5.92 Å². The Bertz CT molecular complexity index is 809. The van der Waals surface area contributed by atoms with Crippen molar-refractivity contribution in [2.75, 3.05) is 26.2 Å². The van der Waals surface area contributed by atoms with Gasteiger partial charge in [0.05, 0.1) is 12.2 Å². The van der Waals surface area contributed by atoms with Gasteiger partial charge < -0.3 is 20.1 Å². The molecule has 4 rings (SSSR count). The Balaban J connectivity index is 1.25. The van der Waals surface area contributed by atoms with Crippen LogP contribution in [0, 0.1) is 5.92 Å². The van der Waals surface area contributed by atoms with Gasteiger partial charge in [-0.15, -0.1) is 11.3 Å². The fourth-order valence-corrected chi connectivity index (χ4v) is 6.16. The fraction of sp³-hybridized carbons (Fsp3) is 0.773. The normalized spacial score (nSPS) is 27.9. The number of nitrogens with one attached hydrogen (secondary N) is 1. The number of hydrogen-bond donors (Lipinski definition) is 2. The third-order valence-corrected chi connectivity index (χ3v) is 8.49. The first kappa shape index (κ1) is 23.0. The molecule has 174 valence electrons. The standard InChI is InChI=1S/C22H31F3N2O3S/c1-3-16-12-17-18(31-16)4-9-30-21(17)5-7-27(8-6-21)13-14-10-15(11-14)26-19(28)20(2,29)22(23,24)25/h12,14-15,29H,3-11,13H2,1-2H3,(H,26,28). The number of halogens is 3. The zero-order valence-corrected chi connectivity index (χ0v) is 18.9. The Morgan fingerprint density at radius 1 is 1.35 bits per heavy atom. The number of alkyl halides is 3. The van der Waals surface area contributed by atoms with Crippen LogP contribution in [0.3, 0.4) is 0 Å². The molecule has 1 unspecified atom stereocenters. The van der Waals surface area contributed by atoms with Crippen LogP contribution >= 0.6 is 11.3 Å². The average molecular weight is 461 g/mol. The van der Waals surface area contributed by atoms with Crippen molar-refractivity contribution >= 4 is 17.2 Å². The third-order valence-electron chi connectivity index (χ3n) is 7.15. The highest BCUT2D eigenvalue weighted by molar-refractivity contribution is 7.12. The van der Waals surface area contributed by atoms with E-state index in [1.165, 1.54) is 15.3 Å². The molecule has 2 N–H and O–H groups in total. The van der Waals surface area contributed by atoms with E-state index in [-0.39, 0.29) is 11.6 Å². The summed E-state index contributed by atoms with van der Waals surface area (Å²) in [7, 11) is 0. The maximum Gasteiger partial charge on any atom is 0.426 e. The molecule has 9 heteroatoms. The lowest BCUT2D eigenvalue weighted by molar-refractivity contribution is -0.245. The molecule has 31 heavy (non-hydrogen) atoms. The molecule has 2 aliphatic heterocycles. The number of likely N-dealkylation sites (tertiary alicyclic amines) is 1. The Morgan fingerprint density at radius 2 is 2.03 bits per heavy atom. The summed E-state index contributed by atoms with van der Waals surface area (Å²) in [4.78, 5) is 17.1. The quantitative estimate of drug-likeness (QED) is 0.707. The molecule has 3 aliphatic rings. The predicted molar refractivity (Wildman–Crippen MR) is 112 cm³/mol. The van der Waals surface area contributed by atoms with E-state index < -0.39 is 17.7 Å². The molecule has 2 fully saturated rings. The summed E-state index contributed by atoms with van der Waals surface area (Å²) in [5, 5.41) is 11.8. The van der Waals surface area contributed by atoms with Crippen molar-refractivity contribution in [3.05, 3.63) is 21.4 Å². The number of carbonyl (C=O) groups is 1. The molecule has 0 radical (unpaired) electrons. The van der Waals surface area contributed by atoms with Gasteiger partial charge in [0, 0.05) is 41.9 Å². The number of amides is 1. The van der Waals surface area contributed by atoms with E-state index in [0.717, 1.165) is 51.9 Å². The molecule has 3 heterocycles. The summed E-state index contributed by atoms with van der Waals surface area (Å²) < 4.78 is 44.7. The largest absolute Gasteiger partial charge is 0.426 e. The van der Waals surface area contributed by atoms with E-state index in [4.69, 9.17) is 4.74 Å². The summed E-state index contributed by atoms with van der Waals surface area (Å²) >= 11 is 1.92. The van der Waals surface area contributed by atoms with Crippen LogP contribution in [0.15, 0.2) is 6.07 Å². The van der Waals surface area contributed by atoms with Gasteiger partial charge >= 0.3 is 6.18 Å². The zero-order valence-electron chi connectivity index (χ0n) is 18.1. The van der Waals surface area contributed by atoms with Crippen LogP contribution in [0.5, 0.6) is 0 Å². The maximum absolute atomic E-state index is 12.8. The van der Waals surface area contributed by atoms with Crippen LogP contribution in [0.4, 0.5) is 13.2 Å². The first-order chi connectivity index (χ1) is 14.5. The smallest absolute Gasteiger partial charge is 0.373 e. The first-order valence-corrected chi connectivity index (χ1v) is 11.9. The van der Waals surface area contributed by atoms with Gasteiger partial charge in [0.1, 0.15) is 0 Å². The minimum absolute atomic E-state index is 0.159. The monoisotopic (exact) mass is 460 g/mol. The minimum Gasteiger partial charge on any atom is -0.373 e. The second-order valence-corrected chi connectivity index (χ2v) is 10.6. The number of aliphatic hydroxyl groups is 1. The van der Waals surface area contributed by atoms with Gasteiger partial charge in [0.15, 0.2) is 0 Å². The van der Waals surface area contributed by atoms with E-state index >= 15 is 0 Å². The third kappa shape index (κ3) is 4.38. The minimum atomic E-state index is -4.98. The summed E-state index contributed by atoms with van der Waals surface area (Å²) in [5.74, 6) is -1.01. The van der Waals surface area contributed by atoms with Gasteiger partial charge in [-0.05, 0) is 56.6 Å². The van der Waals surface area contributed by atoms with Crippen molar-refractivity contribution in [2.45, 2.75) is 75.8 Å². The molecule has 1 saturated heterocycles. The highest BCUT2D eigenvalue weighted by Gasteiger charge is 2.56. The number of ether oxygens (including phenoxy) is 1. The van der Waals surface area contributed by atoms with E-state index in [0.29, 0.717) is 25.7 Å². The van der Waals surface area contributed by atoms with Gasteiger partial charge in [0.25, 0.3) is 5.91 Å². The summed E-state index contributed by atoms with van der Waals surface area (Å²) in [6.45, 7) is 6.22. The Hall–Kier alpha value is -1.16. The second-order valence-electron chi connectivity index (χ2n) is 9.37. The molecule has 1 aromatic rings.